The molecule has 1 atom stereocenters. The Balaban J connectivity index is 2.71. The lowest BCUT2D eigenvalue weighted by molar-refractivity contribution is -0.385. The predicted octanol–water partition coefficient (Wildman–Crippen LogP) is 1.51. The number of hydrogen-bond acceptors (Lipinski definition) is 4. The summed E-state index contributed by atoms with van der Waals surface area (Å²) in [6.07, 6.45) is 0.168. The molecule has 0 heterocycles. The van der Waals surface area contributed by atoms with E-state index in [9.17, 15) is 19.7 Å². The number of amides is 1. The van der Waals surface area contributed by atoms with Gasteiger partial charge in [0.1, 0.15) is 0 Å². The zero-order valence-corrected chi connectivity index (χ0v) is 11.0. The summed E-state index contributed by atoms with van der Waals surface area (Å²) in [4.78, 5) is 32.7. The van der Waals surface area contributed by atoms with Crippen molar-refractivity contribution in [1.82, 2.24) is 5.32 Å². The standard InChI is InChI=1S/C13H16N2O5/c1-2-10(8-13(17)18)14-12(16)7-9-5-3-4-6-11(9)15(19)20/h3-6,10H,2,7-8H2,1H3,(H,14,16)(H,17,18). The summed E-state index contributed by atoms with van der Waals surface area (Å²) in [6, 6.07) is 5.51. The van der Waals surface area contributed by atoms with E-state index in [-0.39, 0.29) is 18.5 Å². The van der Waals surface area contributed by atoms with Crippen LogP contribution in [0.2, 0.25) is 0 Å². The summed E-state index contributed by atoms with van der Waals surface area (Å²) < 4.78 is 0. The van der Waals surface area contributed by atoms with Gasteiger partial charge in [-0.15, -0.1) is 0 Å². The van der Waals surface area contributed by atoms with E-state index in [4.69, 9.17) is 5.11 Å². The Hall–Kier alpha value is -2.44. The third kappa shape index (κ3) is 4.68. The number of nitrogens with one attached hydrogen (secondary N) is 1. The zero-order chi connectivity index (χ0) is 15.1. The topological polar surface area (TPSA) is 110 Å². The molecule has 1 rings (SSSR count). The number of carboxylic acid groups (broad SMARTS) is 1. The maximum atomic E-state index is 11.8. The summed E-state index contributed by atoms with van der Waals surface area (Å²) >= 11 is 0. The van der Waals surface area contributed by atoms with Crippen LogP contribution in [0.25, 0.3) is 0 Å². The molecule has 1 amide bonds. The van der Waals surface area contributed by atoms with Crippen molar-refractivity contribution in [2.75, 3.05) is 0 Å². The van der Waals surface area contributed by atoms with E-state index in [2.05, 4.69) is 5.32 Å². The number of carbonyl (C=O) groups excluding carboxylic acids is 1. The van der Waals surface area contributed by atoms with Gasteiger partial charge in [0.25, 0.3) is 5.69 Å². The van der Waals surface area contributed by atoms with Crippen LogP contribution in [0.1, 0.15) is 25.3 Å². The molecule has 1 unspecified atom stereocenters. The van der Waals surface area contributed by atoms with Crippen molar-refractivity contribution in [1.29, 1.82) is 0 Å². The lowest BCUT2D eigenvalue weighted by Gasteiger charge is -2.14. The molecule has 0 bridgehead atoms. The Kier molecular flexibility index (Phi) is 5.64. The third-order valence-corrected chi connectivity index (χ3v) is 2.82. The number of hydrogen-bond donors (Lipinski definition) is 2. The van der Waals surface area contributed by atoms with Gasteiger partial charge in [0.15, 0.2) is 0 Å². The first-order chi connectivity index (χ1) is 9.43. The van der Waals surface area contributed by atoms with E-state index in [0.29, 0.717) is 12.0 Å². The average molecular weight is 280 g/mol. The predicted molar refractivity (Wildman–Crippen MR) is 71.3 cm³/mol. The van der Waals surface area contributed by atoms with Crippen LogP contribution in [0.3, 0.4) is 0 Å². The summed E-state index contributed by atoms with van der Waals surface area (Å²) in [5.74, 6) is -1.42. The van der Waals surface area contributed by atoms with Crippen molar-refractivity contribution < 1.29 is 19.6 Å². The number of rotatable bonds is 7. The van der Waals surface area contributed by atoms with Crippen molar-refractivity contribution in [3.8, 4) is 0 Å². The Labute approximate surface area is 115 Å². The highest BCUT2D eigenvalue weighted by atomic mass is 16.6. The van der Waals surface area contributed by atoms with Gasteiger partial charge < -0.3 is 10.4 Å². The molecule has 0 aliphatic heterocycles. The molecule has 0 spiro atoms. The molecular formula is C13H16N2O5. The fourth-order valence-corrected chi connectivity index (χ4v) is 1.80. The highest BCUT2D eigenvalue weighted by Gasteiger charge is 2.18. The molecule has 0 aliphatic rings. The van der Waals surface area contributed by atoms with Crippen molar-refractivity contribution in [2.45, 2.75) is 32.2 Å². The smallest absolute Gasteiger partial charge is 0.305 e. The van der Waals surface area contributed by atoms with E-state index in [1.54, 1.807) is 13.0 Å². The van der Waals surface area contributed by atoms with Gasteiger partial charge in [0.2, 0.25) is 5.91 Å². The minimum absolute atomic E-state index is 0.117. The third-order valence-electron chi connectivity index (χ3n) is 2.82. The maximum Gasteiger partial charge on any atom is 0.305 e. The Bertz CT molecular complexity index is 515. The number of para-hydroxylation sites is 1. The first kappa shape index (κ1) is 15.6. The number of nitro benzene ring substituents is 1. The van der Waals surface area contributed by atoms with E-state index >= 15 is 0 Å². The van der Waals surface area contributed by atoms with E-state index in [1.165, 1.54) is 18.2 Å². The Morgan fingerprint density at radius 2 is 2.05 bits per heavy atom. The molecule has 0 aliphatic carbocycles. The van der Waals surface area contributed by atoms with E-state index < -0.39 is 22.8 Å². The van der Waals surface area contributed by atoms with Crippen molar-refractivity contribution >= 4 is 17.6 Å². The fourth-order valence-electron chi connectivity index (χ4n) is 1.80. The normalized spacial score (nSPS) is 11.7. The molecule has 108 valence electrons. The van der Waals surface area contributed by atoms with Gasteiger partial charge in [0, 0.05) is 17.7 Å². The molecule has 2 N–H and O–H groups in total. The number of carboxylic acids is 1. The molecule has 1 aromatic carbocycles. The zero-order valence-electron chi connectivity index (χ0n) is 11.0. The largest absolute Gasteiger partial charge is 0.481 e. The molecule has 7 nitrogen and oxygen atoms in total. The Morgan fingerprint density at radius 3 is 2.60 bits per heavy atom. The molecule has 0 aromatic heterocycles. The number of aliphatic carboxylic acids is 1. The van der Waals surface area contributed by atoms with Crippen LogP contribution >= 0.6 is 0 Å². The van der Waals surface area contributed by atoms with Gasteiger partial charge in [-0.05, 0) is 6.42 Å². The van der Waals surface area contributed by atoms with Crippen LogP contribution in [0, 0.1) is 10.1 Å². The fraction of sp³-hybridized carbons (Fsp3) is 0.385. The van der Waals surface area contributed by atoms with E-state index in [1.807, 2.05) is 0 Å². The van der Waals surface area contributed by atoms with Crippen molar-refractivity contribution in [2.24, 2.45) is 0 Å². The number of nitro groups is 1. The second-order valence-corrected chi connectivity index (χ2v) is 4.33. The van der Waals surface area contributed by atoms with Crippen LogP contribution in [0.15, 0.2) is 24.3 Å². The van der Waals surface area contributed by atoms with Crippen LogP contribution in [-0.4, -0.2) is 27.9 Å². The maximum absolute atomic E-state index is 11.8. The van der Waals surface area contributed by atoms with Gasteiger partial charge in [0.05, 0.1) is 17.8 Å². The monoisotopic (exact) mass is 280 g/mol. The summed E-state index contributed by atoms with van der Waals surface area (Å²) in [6.45, 7) is 1.76. The quantitative estimate of drug-likeness (QED) is 0.581. The molecule has 0 saturated heterocycles. The van der Waals surface area contributed by atoms with Gasteiger partial charge >= 0.3 is 5.97 Å². The summed E-state index contributed by atoms with van der Waals surface area (Å²) in [5, 5.41) is 22.1. The number of benzene rings is 1. The summed E-state index contributed by atoms with van der Waals surface area (Å²) in [5.41, 5.74) is 0.189. The molecule has 1 aromatic rings. The van der Waals surface area contributed by atoms with Gasteiger partial charge in [-0.3, -0.25) is 19.7 Å². The Morgan fingerprint density at radius 1 is 1.40 bits per heavy atom. The van der Waals surface area contributed by atoms with Gasteiger partial charge in [-0.2, -0.15) is 0 Å². The lowest BCUT2D eigenvalue weighted by atomic mass is 10.1. The summed E-state index contributed by atoms with van der Waals surface area (Å²) in [7, 11) is 0. The second-order valence-electron chi connectivity index (χ2n) is 4.33. The van der Waals surface area contributed by atoms with Gasteiger partial charge in [-0.1, -0.05) is 25.1 Å². The highest BCUT2D eigenvalue weighted by Crippen LogP contribution is 2.18. The minimum Gasteiger partial charge on any atom is -0.481 e. The molecule has 20 heavy (non-hydrogen) atoms. The first-order valence-corrected chi connectivity index (χ1v) is 6.17. The molecule has 0 saturated carbocycles. The van der Waals surface area contributed by atoms with Crippen LogP contribution in [0.4, 0.5) is 5.69 Å². The number of nitrogens with zero attached hydrogens (tertiary/aromatic N) is 1. The second kappa shape index (κ2) is 7.22. The minimum atomic E-state index is -0.997. The van der Waals surface area contributed by atoms with Crippen LogP contribution in [-0.2, 0) is 16.0 Å². The van der Waals surface area contributed by atoms with E-state index in [0.717, 1.165) is 0 Å². The van der Waals surface area contributed by atoms with Gasteiger partial charge in [-0.25, -0.2) is 0 Å². The molecule has 0 radical (unpaired) electrons. The average Bonchev–Trinajstić information content (AvgIpc) is 2.37. The lowest BCUT2D eigenvalue weighted by Crippen LogP contribution is -2.37. The van der Waals surface area contributed by atoms with Crippen LogP contribution in [0.5, 0.6) is 0 Å². The number of carbonyl (C=O) groups is 2. The molecule has 7 heteroatoms. The molecule has 0 fully saturated rings. The van der Waals surface area contributed by atoms with Crippen molar-refractivity contribution in [3.05, 3.63) is 39.9 Å². The molecular weight excluding hydrogens is 264 g/mol. The highest BCUT2D eigenvalue weighted by molar-refractivity contribution is 5.80. The van der Waals surface area contributed by atoms with Crippen molar-refractivity contribution in [3.63, 3.8) is 0 Å². The first-order valence-electron chi connectivity index (χ1n) is 6.17. The SMILES string of the molecule is CCC(CC(=O)O)NC(=O)Cc1ccccc1[N+](=O)[O-]. The van der Waals surface area contributed by atoms with Crippen LogP contribution < -0.4 is 5.32 Å².